The van der Waals surface area contributed by atoms with Gasteiger partial charge in [-0.25, -0.2) is 0 Å². The molecule has 1 aromatic heterocycles. The predicted octanol–water partition coefficient (Wildman–Crippen LogP) is 3.39. The number of hydrogen-bond donors (Lipinski definition) is 1. The molecule has 0 unspecified atom stereocenters. The van der Waals surface area contributed by atoms with Crippen molar-refractivity contribution < 1.29 is 9.94 Å². The molecule has 0 amide bonds. The van der Waals surface area contributed by atoms with Crippen LogP contribution in [0.4, 0.5) is 5.69 Å². The first kappa shape index (κ1) is 14.0. The summed E-state index contributed by atoms with van der Waals surface area (Å²) in [5.74, 6) is 0. The molecule has 1 N–H and O–H groups in total. The normalized spacial score (nSPS) is 10.5. The number of nitrogens with zero attached hydrogens (tertiary/aromatic N) is 2. The number of rotatable bonds is 5. The number of anilines is 1. The van der Waals surface area contributed by atoms with Crippen LogP contribution in [-0.4, -0.2) is 17.3 Å². The Balaban J connectivity index is 2.19. The summed E-state index contributed by atoms with van der Waals surface area (Å²) in [6, 6.07) is 11.5. The van der Waals surface area contributed by atoms with Crippen LogP contribution in [0.2, 0.25) is 0 Å². The summed E-state index contributed by atoms with van der Waals surface area (Å²) < 4.78 is 5.81. The molecule has 0 aliphatic heterocycles. The van der Waals surface area contributed by atoms with Gasteiger partial charge in [0, 0.05) is 13.3 Å². The van der Waals surface area contributed by atoms with Crippen molar-refractivity contribution in [2.24, 2.45) is 0 Å². The molecule has 0 aliphatic carbocycles. The molecule has 2 aromatic rings. The first-order valence-corrected chi connectivity index (χ1v) is 6.64. The van der Waals surface area contributed by atoms with E-state index in [0.29, 0.717) is 18.8 Å². The average Bonchev–Trinajstić information content (AvgIpc) is 2.42. The van der Waals surface area contributed by atoms with E-state index >= 15 is 0 Å². The molecule has 19 heavy (non-hydrogen) atoms. The zero-order valence-corrected chi connectivity index (χ0v) is 12.2. The van der Waals surface area contributed by atoms with Gasteiger partial charge in [0.05, 0.1) is 29.0 Å². The zero-order chi connectivity index (χ0) is 13.7. The maximum atomic E-state index is 10.2. The minimum absolute atomic E-state index is 0.396. The highest BCUT2D eigenvalue weighted by atomic mass is 79.9. The summed E-state index contributed by atoms with van der Waals surface area (Å²) in [6.07, 6.45) is 1.66. The summed E-state index contributed by atoms with van der Waals surface area (Å²) in [7, 11) is 1.61. The average molecular weight is 323 g/mol. The van der Waals surface area contributed by atoms with Gasteiger partial charge in [0.2, 0.25) is 0 Å². The quantitative estimate of drug-likeness (QED) is 0.857. The third kappa shape index (κ3) is 3.53. The van der Waals surface area contributed by atoms with Gasteiger partial charge in [-0.2, -0.15) is 0 Å². The lowest BCUT2D eigenvalue weighted by Gasteiger charge is -2.19. The van der Waals surface area contributed by atoms with E-state index in [4.69, 9.17) is 4.74 Å². The van der Waals surface area contributed by atoms with Crippen LogP contribution in [0.3, 0.4) is 0 Å². The highest BCUT2D eigenvalue weighted by molar-refractivity contribution is 9.10. The lowest BCUT2D eigenvalue weighted by atomic mass is 10.2. The Hall–Kier alpha value is -1.43. The van der Waals surface area contributed by atoms with Crippen molar-refractivity contribution in [3.63, 3.8) is 0 Å². The smallest absolute Gasteiger partial charge is 0.0896 e. The minimum Gasteiger partial charge on any atom is -0.378 e. The first-order valence-electron chi connectivity index (χ1n) is 5.85. The molecule has 5 heteroatoms. The van der Waals surface area contributed by atoms with Crippen LogP contribution in [0.5, 0.6) is 0 Å². The molecule has 0 spiro atoms. The third-order valence-electron chi connectivity index (χ3n) is 2.68. The summed E-state index contributed by atoms with van der Waals surface area (Å²) >= 11 is 3.45. The van der Waals surface area contributed by atoms with Crippen molar-refractivity contribution in [3.05, 3.63) is 58.3 Å². The molecule has 0 atom stereocenters. The van der Waals surface area contributed by atoms with E-state index in [1.807, 2.05) is 30.3 Å². The van der Waals surface area contributed by atoms with Crippen LogP contribution < -0.4 is 5.06 Å². The number of aromatic nitrogens is 1. The van der Waals surface area contributed by atoms with Crippen LogP contribution in [0.25, 0.3) is 0 Å². The highest BCUT2D eigenvalue weighted by Gasteiger charge is 2.12. The summed E-state index contributed by atoms with van der Waals surface area (Å²) in [6.45, 7) is 0.809. The summed E-state index contributed by atoms with van der Waals surface area (Å²) in [4.78, 5) is 4.21. The summed E-state index contributed by atoms with van der Waals surface area (Å²) in [5.41, 5.74) is 2.46. The van der Waals surface area contributed by atoms with E-state index in [9.17, 15) is 5.21 Å². The van der Waals surface area contributed by atoms with Gasteiger partial charge in [0.15, 0.2) is 0 Å². The van der Waals surface area contributed by atoms with Crippen molar-refractivity contribution in [1.29, 1.82) is 0 Å². The molecule has 1 heterocycles. The number of benzene rings is 1. The Morgan fingerprint density at radius 1 is 1.26 bits per heavy atom. The lowest BCUT2D eigenvalue weighted by Crippen LogP contribution is -2.18. The number of ether oxygens (including phenoxy) is 1. The molecular formula is C14H15BrN2O2. The second-order valence-corrected chi connectivity index (χ2v) is 4.86. The third-order valence-corrected chi connectivity index (χ3v) is 3.54. The highest BCUT2D eigenvalue weighted by Crippen LogP contribution is 2.28. The zero-order valence-electron chi connectivity index (χ0n) is 10.6. The number of pyridine rings is 1. The molecule has 0 bridgehead atoms. The maximum Gasteiger partial charge on any atom is 0.0896 e. The monoisotopic (exact) mass is 322 g/mol. The second kappa shape index (κ2) is 6.65. The van der Waals surface area contributed by atoms with Crippen molar-refractivity contribution in [1.82, 2.24) is 4.98 Å². The Morgan fingerprint density at radius 2 is 2.00 bits per heavy atom. The van der Waals surface area contributed by atoms with E-state index in [2.05, 4.69) is 20.9 Å². The fraction of sp³-hybridized carbons (Fsp3) is 0.214. The van der Waals surface area contributed by atoms with E-state index in [1.54, 1.807) is 19.4 Å². The van der Waals surface area contributed by atoms with Gasteiger partial charge < -0.3 is 4.74 Å². The molecular weight excluding hydrogens is 308 g/mol. The van der Waals surface area contributed by atoms with E-state index in [-0.39, 0.29) is 0 Å². The van der Waals surface area contributed by atoms with Gasteiger partial charge in [0.1, 0.15) is 0 Å². The SMILES string of the molecule is COCc1nccc(N(O)Cc2ccccc2)c1Br. The van der Waals surface area contributed by atoms with Crippen molar-refractivity contribution >= 4 is 21.6 Å². The Morgan fingerprint density at radius 3 is 2.68 bits per heavy atom. The molecule has 0 saturated carbocycles. The maximum absolute atomic E-state index is 10.2. The summed E-state index contributed by atoms with van der Waals surface area (Å²) in [5, 5.41) is 11.4. The largest absolute Gasteiger partial charge is 0.378 e. The molecule has 0 aliphatic rings. The van der Waals surface area contributed by atoms with Gasteiger partial charge in [0.25, 0.3) is 0 Å². The fourth-order valence-corrected chi connectivity index (χ4v) is 2.31. The molecule has 1 aromatic carbocycles. The molecule has 0 radical (unpaired) electrons. The van der Waals surface area contributed by atoms with Gasteiger partial charge >= 0.3 is 0 Å². The van der Waals surface area contributed by atoms with Gasteiger partial charge in [-0.05, 0) is 27.6 Å². The van der Waals surface area contributed by atoms with Crippen LogP contribution in [0, 0.1) is 0 Å². The Kier molecular flexibility index (Phi) is 4.90. The van der Waals surface area contributed by atoms with E-state index in [0.717, 1.165) is 15.7 Å². The van der Waals surface area contributed by atoms with Gasteiger partial charge in [-0.1, -0.05) is 30.3 Å². The lowest BCUT2D eigenvalue weighted by molar-refractivity contribution is 0.180. The second-order valence-electron chi connectivity index (χ2n) is 4.07. The molecule has 4 nitrogen and oxygen atoms in total. The number of methoxy groups -OCH3 is 1. The van der Waals surface area contributed by atoms with Crippen molar-refractivity contribution in [2.75, 3.05) is 12.2 Å². The number of halogens is 1. The molecule has 2 rings (SSSR count). The van der Waals surface area contributed by atoms with Crippen molar-refractivity contribution in [3.8, 4) is 0 Å². The van der Waals surface area contributed by atoms with Crippen LogP contribution >= 0.6 is 15.9 Å². The van der Waals surface area contributed by atoms with Gasteiger partial charge in [-0.3, -0.25) is 15.3 Å². The topological polar surface area (TPSA) is 45.6 Å². The van der Waals surface area contributed by atoms with E-state index < -0.39 is 0 Å². The predicted molar refractivity (Wildman–Crippen MR) is 77.1 cm³/mol. The Bertz CT molecular complexity index is 534. The van der Waals surface area contributed by atoms with Crippen LogP contribution in [-0.2, 0) is 17.9 Å². The van der Waals surface area contributed by atoms with Gasteiger partial charge in [-0.15, -0.1) is 0 Å². The molecule has 100 valence electrons. The first-order chi connectivity index (χ1) is 9.22. The molecule has 0 fully saturated rings. The fourth-order valence-electron chi connectivity index (χ4n) is 1.75. The van der Waals surface area contributed by atoms with Crippen LogP contribution in [0.15, 0.2) is 47.1 Å². The minimum atomic E-state index is 0.396. The van der Waals surface area contributed by atoms with E-state index in [1.165, 1.54) is 5.06 Å². The number of hydrogen-bond acceptors (Lipinski definition) is 4. The Labute approximate surface area is 120 Å². The van der Waals surface area contributed by atoms with Crippen molar-refractivity contribution in [2.45, 2.75) is 13.2 Å². The molecule has 0 saturated heterocycles. The standard InChI is InChI=1S/C14H15BrN2O2/c1-19-10-12-14(15)13(7-8-16-12)17(18)9-11-5-3-2-4-6-11/h2-8,18H,9-10H2,1H3. The van der Waals surface area contributed by atoms with Crippen LogP contribution in [0.1, 0.15) is 11.3 Å². The number of hydroxylamine groups is 1.